The SMILES string of the molecule is CN(C)[C@@H](CC1CC1)C1(c2ccc(F)cc2)CCC1. The minimum atomic E-state index is -0.123. The van der Waals surface area contributed by atoms with Crippen molar-refractivity contribution < 1.29 is 4.39 Å². The lowest BCUT2D eigenvalue weighted by atomic mass is 9.59. The molecule has 0 bridgehead atoms. The molecule has 2 aliphatic carbocycles. The van der Waals surface area contributed by atoms with Crippen molar-refractivity contribution in [1.82, 2.24) is 4.90 Å². The van der Waals surface area contributed by atoms with Gasteiger partial charge in [-0.15, -0.1) is 0 Å². The Morgan fingerprint density at radius 2 is 1.84 bits per heavy atom. The molecule has 0 aromatic heterocycles. The number of hydrogen-bond acceptors (Lipinski definition) is 1. The van der Waals surface area contributed by atoms with E-state index in [1.54, 1.807) is 12.1 Å². The van der Waals surface area contributed by atoms with Gasteiger partial charge < -0.3 is 4.90 Å². The van der Waals surface area contributed by atoms with E-state index in [4.69, 9.17) is 0 Å². The molecule has 2 aliphatic rings. The first kappa shape index (κ1) is 13.1. The van der Waals surface area contributed by atoms with Gasteiger partial charge in [0, 0.05) is 11.5 Å². The minimum absolute atomic E-state index is 0.123. The molecule has 1 nitrogen and oxygen atoms in total. The molecule has 0 N–H and O–H groups in total. The molecule has 0 amide bonds. The van der Waals surface area contributed by atoms with Crippen molar-refractivity contribution in [3.8, 4) is 0 Å². The third-order valence-electron chi connectivity index (χ3n) is 5.18. The highest BCUT2D eigenvalue weighted by atomic mass is 19.1. The number of likely N-dealkylation sites (N-methyl/N-ethyl adjacent to an activating group) is 1. The van der Waals surface area contributed by atoms with Gasteiger partial charge in [0.2, 0.25) is 0 Å². The number of hydrogen-bond donors (Lipinski definition) is 0. The zero-order valence-corrected chi connectivity index (χ0v) is 12.0. The summed E-state index contributed by atoms with van der Waals surface area (Å²) >= 11 is 0. The van der Waals surface area contributed by atoms with Crippen LogP contribution in [0.25, 0.3) is 0 Å². The first-order valence-electron chi connectivity index (χ1n) is 7.54. The van der Waals surface area contributed by atoms with Crippen molar-refractivity contribution in [2.24, 2.45) is 5.92 Å². The molecule has 2 fully saturated rings. The zero-order valence-electron chi connectivity index (χ0n) is 12.0. The first-order chi connectivity index (χ1) is 9.12. The van der Waals surface area contributed by atoms with Crippen LogP contribution in [0.15, 0.2) is 24.3 Å². The minimum Gasteiger partial charge on any atom is -0.306 e. The Hall–Kier alpha value is -0.890. The smallest absolute Gasteiger partial charge is 0.123 e. The quantitative estimate of drug-likeness (QED) is 0.775. The molecule has 0 spiro atoms. The van der Waals surface area contributed by atoms with Crippen molar-refractivity contribution >= 4 is 0 Å². The molecule has 3 rings (SSSR count). The molecule has 2 saturated carbocycles. The maximum atomic E-state index is 13.2. The average Bonchev–Trinajstić information content (AvgIpc) is 3.12. The molecule has 104 valence electrons. The number of halogens is 1. The van der Waals surface area contributed by atoms with Crippen molar-refractivity contribution in [2.45, 2.75) is 50.0 Å². The molecule has 2 heteroatoms. The van der Waals surface area contributed by atoms with E-state index in [9.17, 15) is 4.39 Å². The van der Waals surface area contributed by atoms with E-state index in [1.807, 2.05) is 12.1 Å². The van der Waals surface area contributed by atoms with Gasteiger partial charge in [-0.1, -0.05) is 31.4 Å². The zero-order chi connectivity index (χ0) is 13.5. The lowest BCUT2D eigenvalue weighted by Crippen LogP contribution is -2.52. The fraction of sp³-hybridized carbons (Fsp3) is 0.647. The summed E-state index contributed by atoms with van der Waals surface area (Å²) in [4.78, 5) is 2.40. The second kappa shape index (κ2) is 4.90. The number of rotatable bonds is 5. The molecule has 0 radical (unpaired) electrons. The van der Waals surface area contributed by atoms with E-state index < -0.39 is 0 Å². The van der Waals surface area contributed by atoms with E-state index in [0.717, 1.165) is 5.92 Å². The third kappa shape index (κ3) is 2.43. The molecule has 0 saturated heterocycles. The molecule has 19 heavy (non-hydrogen) atoms. The Balaban J connectivity index is 1.89. The summed E-state index contributed by atoms with van der Waals surface area (Å²) in [5, 5.41) is 0. The summed E-state index contributed by atoms with van der Waals surface area (Å²) in [6.45, 7) is 0. The molecule has 1 atom stereocenters. The largest absolute Gasteiger partial charge is 0.306 e. The van der Waals surface area contributed by atoms with Crippen LogP contribution in [0.2, 0.25) is 0 Å². The second-order valence-electron chi connectivity index (χ2n) is 6.68. The van der Waals surface area contributed by atoms with E-state index in [-0.39, 0.29) is 11.2 Å². The van der Waals surface area contributed by atoms with E-state index >= 15 is 0 Å². The van der Waals surface area contributed by atoms with Gasteiger partial charge in [-0.05, 0) is 57.0 Å². The van der Waals surface area contributed by atoms with Gasteiger partial charge >= 0.3 is 0 Å². The van der Waals surface area contributed by atoms with E-state index in [1.165, 1.54) is 44.1 Å². The van der Waals surface area contributed by atoms with Crippen LogP contribution in [0.4, 0.5) is 4.39 Å². The van der Waals surface area contributed by atoms with Gasteiger partial charge in [0.25, 0.3) is 0 Å². The molecular formula is C17H24FN. The van der Waals surface area contributed by atoms with Crippen LogP contribution in [0.3, 0.4) is 0 Å². The maximum absolute atomic E-state index is 13.2. The molecule has 0 unspecified atom stereocenters. The van der Waals surface area contributed by atoms with Gasteiger partial charge in [0.05, 0.1) is 0 Å². The van der Waals surface area contributed by atoms with Crippen LogP contribution in [0, 0.1) is 11.7 Å². The topological polar surface area (TPSA) is 3.24 Å². The Bertz CT molecular complexity index is 429. The lowest BCUT2D eigenvalue weighted by Gasteiger charge is -2.51. The van der Waals surface area contributed by atoms with Crippen LogP contribution < -0.4 is 0 Å². The van der Waals surface area contributed by atoms with Gasteiger partial charge in [-0.3, -0.25) is 0 Å². The van der Waals surface area contributed by atoms with Gasteiger partial charge in [0.15, 0.2) is 0 Å². The molecule has 0 heterocycles. The predicted octanol–water partition coefficient (Wildman–Crippen LogP) is 3.98. The monoisotopic (exact) mass is 261 g/mol. The standard InChI is InChI=1S/C17H24FN/c1-19(2)16(12-13-4-5-13)17(10-3-11-17)14-6-8-15(18)9-7-14/h6-9,13,16H,3-5,10-12H2,1-2H3/t16-/m0/s1. The highest BCUT2D eigenvalue weighted by molar-refractivity contribution is 5.31. The fourth-order valence-electron chi connectivity index (χ4n) is 3.75. The number of nitrogens with zero attached hydrogens (tertiary/aromatic N) is 1. The molecule has 0 aliphatic heterocycles. The van der Waals surface area contributed by atoms with Crippen molar-refractivity contribution in [1.29, 1.82) is 0 Å². The van der Waals surface area contributed by atoms with Crippen LogP contribution in [0.1, 0.15) is 44.1 Å². The van der Waals surface area contributed by atoms with Crippen LogP contribution in [0.5, 0.6) is 0 Å². The lowest BCUT2D eigenvalue weighted by molar-refractivity contribution is 0.0859. The molecule has 1 aromatic carbocycles. The normalized spacial score (nSPS) is 23.2. The second-order valence-corrected chi connectivity index (χ2v) is 6.68. The molecular weight excluding hydrogens is 237 g/mol. The predicted molar refractivity (Wildman–Crippen MR) is 76.7 cm³/mol. The summed E-state index contributed by atoms with van der Waals surface area (Å²) in [5.74, 6) is 0.812. The van der Waals surface area contributed by atoms with E-state index in [2.05, 4.69) is 19.0 Å². The van der Waals surface area contributed by atoms with Crippen LogP contribution in [-0.2, 0) is 5.41 Å². The maximum Gasteiger partial charge on any atom is 0.123 e. The van der Waals surface area contributed by atoms with Crippen molar-refractivity contribution in [2.75, 3.05) is 14.1 Å². The van der Waals surface area contributed by atoms with Crippen molar-refractivity contribution in [3.63, 3.8) is 0 Å². The van der Waals surface area contributed by atoms with Gasteiger partial charge in [-0.2, -0.15) is 0 Å². The summed E-state index contributed by atoms with van der Waals surface area (Å²) in [6.07, 6.45) is 7.95. The number of benzene rings is 1. The van der Waals surface area contributed by atoms with Crippen molar-refractivity contribution in [3.05, 3.63) is 35.6 Å². The van der Waals surface area contributed by atoms with Gasteiger partial charge in [0.1, 0.15) is 5.82 Å². The van der Waals surface area contributed by atoms with Crippen LogP contribution >= 0.6 is 0 Å². The molecule has 1 aromatic rings. The Morgan fingerprint density at radius 3 is 2.26 bits per heavy atom. The van der Waals surface area contributed by atoms with Crippen LogP contribution in [-0.4, -0.2) is 25.0 Å². The summed E-state index contributed by atoms with van der Waals surface area (Å²) in [7, 11) is 4.41. The summed E-state index contributed by atoms with van der Waals surface area (Å²) < 4.78 is 13.2. The summed E-state index contributed by atoms with van der Waals surface area (Å²) in [5.41, 5.74) is 1.62. The average molecular weight is 261 g/mol. The Morgan fingerprint density at radius 1 is 1.21 bits per heavy atom. The first-order valence-corrected chi connectivity index (χ1v) is 7.54. The highest BCUT2D eigenvalue weighted by Crippen LogP contribution is 2.51. The highest BCUT2D eigenvalue weighted by Gasteiger charge is 2.47. The van der Waals surface area contributed by atoms with E-state index in [0.29, 0.717) is 6.04 Å². The fourth-order valence-corrected chi connectivity index (χ4v) is 3.75. The third-order valence-corrected chi connectivity index (χ3v) is 5.18. The Labute approximate surface area is 115 Å². The summed E-state index contributed by atoms with van der Waals surface area (Å²) in [6, 6.07) is 7.88. The van der Waals surface area contributed by atoms with Gasteiger partial charge in [-0.25, -0.2) is 4.39 Å². The Kier molecular flexibility index (Phi) is 3.38.